The fourth-order valence-corrected chi connectivity index (χ4v) is 6.34. The monoisotopic (exact) mass is 502 g/mol. The smallest absolute Gasteiger partial charge is 0.115 e. The third-order valence-electron chi connectivity index (χ3n) is 7.96. The summed E-state index contributed by atoms with van der Waals surface area (Å²) in [6.07, 6.45) is 0. The molecule has 6 aromatic rings. The standard InChI is InChI=1S/C37H26O2/c38-29-21-17-27(18-22-29)37(28-19-23-30(39)24-20-28)33-15-7-13-31(25-9-3-1-4-10-25)35(33)36-32(14-8-16-34(36)37)26-11-5-2-6-12-26/h1-24,38-39H. The molecule has 0 fully saturated rings. The molecule has 0 aliphatic heterocycles. The molecule has 0 bridgehead atoms. The lowest BCUT2D eigenvalue weighted by molar-refractivity contribution is 0.475. The Bertz CT molecular complexity index is 1650. The van der Waals surface area contributed by atoms with Crippen LogP contribution in [0.5, 0.6) is 11.5 Å². The van der Waals surface area contributed by atoms with Crippen molar-refractivity contribution in [1.29, 1.82) is 0 Å². The van der Waals surface area contributed by atoms with Gasteiger partial charge in [-0.25, -0.2) is 0 Å². The second-order valence-corrected chi connectivity index (χ2v) is 10.0. The Kier molecular flexibility index (Phi) is 5.35. The zero-order valence-electron chi connectivity index (χ0n) is 21.3. The maximum atomic E-state index is 10.2. The summed E-state index contributed by atoms with van der Waals surface area (Å²) in [5.74, 6) is 0.461. The summed E-state index contributed by atoms with van der Waals surface area (Å²) in [4.78, 5) is 0. The van der Waals surface area contributed by atoms with Gasteiger partial charge in [0.05, 0.1) is 5.41 Å². The SMILES string of the molecule is Oc1ccc(C2(c3ccc(O)cc3)c3cccc(-c4ccccc4)c3-c3c(-c4ccccc4)cccc32)cc1. The van der Waals surface area contributed by atoms with Crippen molar-refractivity contribution in [3.63, 3.8) is 0 Å². The molecule has 39 heavy (non-hydrogen) atoms. The number of aromatic hydroxyl groups is 2. The number of hydrogen-bond acceptors (Lipinski definition) is 2. The predicted octanol–water partition coefficient (Wildman–Crippen LogP) is 8.79. The fraction of sp³-hybridized carbons (Fsp3) is 0.0270. The van der Waals surface area contributed by atoms with E-state index < -0.39 is 5.41 Å². The molecular weight excluding hydrogens is 476 g/mol. The van der Waals surface area contributed by atoms with Gasteiger partial charge < -0.3 is 10.2 Å². The van der Waals surface area contributed by atoms with Gasteiger partial charge in [-0.05, 0) is 79.9 Å². The first-order chi connectivity index (χ1) is 19.2. The quantitative estimate of drug-likeness (QED) is 0.252. The van der Waals surface area contributed by atoms with E-state index in [-0.39, 0.29) is 11.5 Å². The highest BCUT2D eigenvalue weighted by Gasteiger charge is 2.47. The fourth-order valence-electron chi connectivity index (χ4n) is 6.34. The molecule has 2 N–H and O–H groups in total. The van der Waals surface area contributed by atoms with Gasteiger partial charge in [0.25, 0.3) is 0 Å². The molecule has 6 aromatic carbocycles. The highest BCUT2D eigenvalue weighted by molar-refractivity contribution is 6.01. The van der Waals surface area contributed by atoms with Gasteiger partial charge in [-0.1, -0.05) is 121 Å². The van der Waals surface area contributed by atoms with Crippen molar-refractivity contribution in [2.75, 3.05) is 0 Å². The Balaban J connectivity index is 1.68. The zero-order valence-corrected chi connectivity index (χ0v) is 21.3. The number of benzene rings is 6. The molecule has 0 heterocycles. The molecular formula is C37H26O2. The highest BCUT2D eigenvalue weighted by atomic mass is 16.3. The minimum absolute atomic E-state index is 0.231. The topological polar surface area (TPSA) is 40.5 Å². The van der Waals surface area contributed by atoms with Crippen LogP contribution in [0.1, 0.15) is 22.3 Å². The number of hydrogen-bond donors (Lipinski definition) is 2. The third kappa shape index (κ3) is 3.49. The second-order valence-electron chi connectivity index (χ2n) is 10.0. The van der Waals surface area contributed by atoms with Crippen LogP contribution in [-0.4, -0.2) is 10.2 Å². The van der Waals surface area contributed by atoms with E-state index in [1.54, 1.807) is 24.3 Å². The molecule has 0 radical (unpaired) electrons. The summed E-state index contributed by atoms with van der Waals surface area (Å²) in [6, 6.07) is 49.4. The van der Waals surface area contributed by atoms with Gasteiger partial charge in [0.1, 0.15) is 11.5 Å². The number of rotatable bonds is 4. The molecule has 0 amide bonds. The van der Waals surface area contributed by atoms with Crippen molar-refractivity contribution in [3.8, 4) is 44.9 Å². The molecule has 0 saturated carbocycles. The van der Waals surface area contributed by atoms with Crippen LogP contribution in [0.25, 0.3) is 33.4 Å². The average molecular weight is 503 g/mol. The van der Waals surface area contributed by atoms with Gasteiger partial charge in [-0.2, -0.15) is 0 Å². The minimum atomic E-state index is -0.651. The molecule has 186 valence electrons. The minimum Gasteiger partial charge on any atom is -0.508 e. The number of phenols is 2. The zero-order chi connectivity index (χ0) is 26.4. The van der Waals surface area contributed by atoms with Crippen LogP contribution in [0, 0.1) is 0 Å². The van der Waals surface area contributed by atoms with Gasteiger partial charge in [0.15, 0.2) is 0 Å². The molecule has 2 heteroatoms. The first-order valence-corrected chi connectivity index (χ1v) is 13.1. The van der Waals surface area contributed by atoms with E-state index in [4.69, 9.17) is 0 Å². The van der Waals surface area contributed by atoms with Crippen LogP contribution >= 0.6 is 0 Å². The first kappa shape index (κ1) is 23.1. The van der Waals surface area contributed by atoms with Crippen molar-refractivity contribution in [3.05, 3.63) is 168 Å². The van der Waals surface area contributed by atoms with E-state index in [1.165, 1.54) is 33.4 Å². The Morgan fingerprint density at radius 2 is 0.744 bits per heavy atom. The van der Waals surface area contributed by atoms with E-state index in [0.717, 1.165) is 22.3 Å². The summed E-state index contributed by atoms with van der Waals surface area (Å²) in [5.41, 5.74) is 10.9. The Morgan fingerprint density at radius 1 is 0.359 bits per heavy atom. The maximum absolute atomic E-state index is 10.2. The molecule has 7 rings (SSSR count). The summed E-state index contributed by atoms with van der Waals surface area (Å²) < 4.78 is 0. The molecule has 2 nitrogen and oxygen atoms in total. The first-order valence-electron chi connectivity index (χ1n) is 13.1. The predicted molar refractivity (Wildman–Crippen MR) is 158 cm³/mol. The van der Waals surface area contributed by atoms with Gasteiger partial charge in [-0.3, -0.25) is 0 Å². The number of fused-ring (bicyclic) bond motifs is 3. The Hall–Kier alpha value is -5.08. The van der Waals surface area contributed by atoms with Gasteiger partial charge >= 0.3 is 0 Å². The average Bonchev–Trinajstić information content (AvgIpc) is 3.30. The van der Waals surface area contributed by atoms with Crippen molar-refractivity contribution in [2.45, 2.75) is 5.41 Å². The molecule has 0 unspecified atom stereocenters. The summed E-state index contributed by atoms with van der Waals surface area (Å²) in [6.45, 7) is 0. The molecule has 0 aromatic heterocycles. The summed E-state index contributed by atoms with van der Waals surface area (Å²) in [5, 5.41) is 20.5. The van der Waals surface area contributed by atoms with Crippen LogP contribution in [0.3, 0.4) is 0 Å². The molecule has 1 aliphatic carbocycles. The summed E-state index contributed by atoms with van der Waals surface area (Å²) in [7, 11) is 0. The molecule has 1 aliphatic rings. The van der Waals surface area contributed by atoms with Crippen molar-refractivity contribution in [2.24, 2.45) is 0 Å². The lowest BCUT2D eigenvalue weighted by Gasteiger charge is -2.34. The van der Waals surface area contributed by atoms with Gasteiger partial charge in [0.2, 0.25) is 0 Å². The Labute approximate surface area is 228 Å². The normalized spacial score (nSPS) is 13.0. The highest BCUT2D eigenvalue weighted by Crippen LogP contribution is 2.60. The van der Waals surface area contributed by atoms with Crippen molar-refractivity contribution in [1.82, 2.24) is 0 Å². The maximum Gasteiger partial charge on any atom is 0.115 e. The van der Waals surface area contributed by atoms with Crippen molar-refractivity contribution >= 4 is 0 Å². The Morgan fingerprint density at radius 3 is 1.13 bits per heavy atom. The molecule has 0 spiro atoms. The van der Waals surface area contributed by atoms with Crippen LogP contribution in [-0.2, 0) is 5.41 Å². The van der Waals surface area contributed by atoms with E-state index >= 15 is 0 Å². The molecule has 0 saturated heterocycles. The van der Waals surface area contributed by atoms with Gasteiger partial charge in [0, 0.05) is 0 Å². The molecule has 0 atom stereocenters. The number of phenolic OH excluding ortho intramolecular Hbond substituents is 2. The van der Waals surface area contributed by atoms with E-state index in [1.807, 2.05) is 36.4 Å². The van der Waals surface area contributed by atoms with Crippen LogP contribution in [0.2, 0.25) is 0 Å². The van der Waals surface area contributed by atoms with E-state index in [0.29, 0.717) is 0 Å². The van der Waals surface area contributed by atoms with Crippen LogP contribution in [0.15, 0.2) is 146 Å². The summed E-state index contributed by atoms with van der Waals surface area (Å²) >= 11 is 0. The van der Waals surface area contributed by atoms with Crippen molar-refractivity contribution < 1.29 is 10.2 Å². The third-order valence-corrected chi connectivity index (χ3v) is 7.96. The second kappa shape index (κ2) is 9.04. The lowest BCUT2D eigenvalue weighted by Crippen LogP contribution is -2.28. The van der Waals surface area contributed by atoms with Gasteiger partial charge in [-0.15, -0.1) is 0 Å². The van der Waals surface area contributed by atoms with E-state index in [2.05, 4.69) is 84.9 Å². The van der Waals surface area contributed by atoms with E-state index in [9.17, 15) is 10.2 Å². The largest absolute Gasteiger partial charge is 0.508 e. The van der Waals surface area contributed by atoms with Crippen LogP contribution < -0.4 is 0 Å². The lowest BCUT2D eigenvalue weighted by atomic mass is 9.67. The van der Waals surface area contributed by atoms with Crippen LogP contribution in [0.4, 0.5) is 0 Å².